The minimum atomic E-state index is 0.110. The van der Waals surface area contributed by atoms with Gasteiger partial charge in [-0.3, -0.25) is 9.88 Å². The predicted molar refractivity (Wildman–Crippen MR) is 92.3 cm³/mol. The summed E-state index contributed by atoms with van der Waals surface area (Å²) < 4.78 is 7.32. The molecule has 0 aliphatic carbocycles. The third-order valence-corrected chi connectivity index (χ3v) is 3.82. The van der Waals surface area contributed by atoms with E-state index in [9.17, 15) is 0 Å². The maximum Gasteiger partial charge on any atom is 0.174 e. The van der Waals surface area contributed by atoms with E-state index in [0.29, 0.717) is 18.2 Å². The summed E-state index contributed by atoms with van der Waals surface area (Å²) in [6.07, 6.45) is 5.11. The number of nitrogens with one attached hydrogen (secondary N) is 1. The molecule has 1 N–H and O–H groups in total. The quantitative estimate of drug-likeness (QED) is 0.751. The Hall–Kier alpha value is -2.67. The van der Waals surface area contributed by atoms with Crippen molar-refractivity contribution in [1.82, 2.24) is 24.6 Å². The van der Waals surface area contributed by atoms with Crippen LogP contribution in [-0.2, 0) is 0 Å². The second kappa shape index (κ2) is 6.84. The average molecular weight is 326 g/mol. The zero-order valence-electron chi connectivity index (χ0n) is 14.4. The first-order valence-electron chi connectivity index (χ1n) is 7.84. The van der Waals surface area contributed by atoms with Crippen LogP contribution in [0.4, 0.5) is 5.82 Å². The molecule has 1 unspecified atom stereocenters. The summed E-state index contributed by atoms with van der Waals surface area (Å²) in [6, 6.07) is 6.00. The Labute approximate surface area is 141 Å². The topological polar surface area (TPSA) is 72.0 Å². The van der Waals surface area contributed by atoms with Gasteiger partial charge in [0.25, 0.3) is 0 Å². The van der Waals surface area contributed by atoms with Gasteiger partial charge in [0.2, 0.25) is 0 Å². The van der Waals surface area contributed by atoms with Crippen LogP contribution in [0.25, 0.3) is 5.82 Å². The van der Waals surface area contributed by atoms with Crippen molar-refractivity contribution in [2.75, 3.05) is 26.0 Å². The van der Waals surface area contributed by atoms with E-state index in [2.05, 4.69) is 25.3 Å². The van der Waals surface area contributed by atoms with Crippen LogP contribution < -0.4 is 5.32 Å². The van der Waals surface area contributed by atoms with Crippen molar-refractivity contribution in [2.45, 2.75) is 19.9 Å². The van der Waals surface area contributed by atoms with Crippen molar-refractivity contribution in [1.29, 1.82) is 0 Å². The summed E-state index contributed by atoms with van der Waals surface area (Å²) in [4.78, 5) is 11.0. The van der Waals surface area contributed by atoms with E-state index < -0.39 is 0 Å². The van der Waals surface area contributed by atoms with Gasteiger partial charge in [-0.15, -0.1) is 0 Å². The molecule has 0 aromatic carbocycles. The molecule has 3 aromatic rings. The van der Waals surface area contributed by atoms with Gasteiger partial charge in [-0.25, -0.2) is 9.67 Å². The maximum atomic E-state index is 5.53. The van der Waals surface area contributed by atoms with Gasteiger partial charge >= 0.3 is 0 Å². The molecule has 0 saturated carbocycles. The van der Waals surface area contributed by atoms with E-state index in [0.717, 1.165) is 17.1 Å². The molecular formula is C17H22N6O. The SMILES string of the molecule is Cc1cc(C)n(-c2cncc(NCC(c3ccco3)N(C)C)n2)n1. The lowest BCUT2D eigenvalue weighted by Gasteiger charge is -2.22. The van der Waals surface area contributed by atoms with E-state index in [1.807, 2.05) is 46.1 Å². The molecule has 24 heavy (non-hydrogen) atoms. The standard InChI is InChI=1S/C17H22N6O/c1-12-8-13(2)23(21-12)17-11-18-10-16(20-17)19-9-14(22(3)4)15-6-5-7-24-15/h5-8,10-11,14H,9H2,1-4H3,(H,19,20). The van der Waals surface area contributed by atoms with Gasteiger partial charge in [-0.2, -0.15) is 5.10 Å². The molecule has 0 radical (unpaired) electrons. The Morgan fingerprint density at radius 1 is 1.29 bits per heavy atom. The summed E-state index contributed by atoms with van der Waals surface area (Å²) in [5.41, 5.74) is 1.99. The van der Waals surface area contributed by atoms with Crippen molar-refractivity contribution in [3.05, 3.63) is 54.0 Å². The molecular weight excluding hydrogens is 304 g/mol. The van der Waals surface area contributed by atoms with Crippen LogP contribution in [0.5, 0.6) is 0 Å². The highest BCUT2D eigenvalue weighted by Crippen LogP contribution is 2.19. The number of aryl methyl sites for hydroxylation is 2. The molecule has 126 valence electrons. The third kappa shape index (κ3) is 3.46. The van der Waals surface area contributed by atoms with Crippen molar-refractivity contribution < 1.29 is 4.42 Å². The number of aromatic nitrogens is 4. The van der Waals surface area contributed by atoms with E-state index in [-0.39, 0.29) is 6.04 Å². The Kier molecular flexibility index (Phi) is 4.61. The second-order valence-electron chi connectivity index (χ2n) is 5.98. The lowest BCUT2D eigenvalue weighted by molar-refractivity contribution is 0.269. The van der Waals surface area contributed by atoms with Crippen LogP contribution in [0.1, 0.15) is 23.2 Å². The number of furan rings is 1. The summed E-state index contributed by atoms with van der Waals surface area (Å²) in [7, 11) is 4.04. The number of hydrogen-bond acceptors (Lipinski definition) is 6. The Balaban J connectivity index is 1.76. The fourth-order valence-electron chi connectivity index (χ4n) is 2.62. The van der Waals surface area contributed by atoms with Crippen molar-refractivity contribution in [2.24, 2.45) is 0 Å². The van der Waals surface area contributed by atoms with Gasteiger partial charge < -0.3 is 9.73 Å². The van der Waals surface area contributed by atoms with Gasteiger partial charge in [0, 0.05) is 12.2 Å². The van der Waals surface area contributed by atoms with E-state index in [1.54, 1.807) is 23.3 Å². The zero-order chi connectivity index (χ0) is 17.1. The fraction of sp³-hybridized carbons (Fsp3) is 0.353. The minimum Gasteiger partial charge on any atom is -0.468 e. The zero-order valence-corrected chi connectivity index (χ0v) is 14.4. The molecule has 3 aromatic heterocycles. The number of hydrogen-bond donors (Lipinski definition) is 1. The molecule has 3 rings (SSSR count). The summed E-state index contributed by atoms with van der Waals surface area (Å²) in [6.45, 7) is 4.63. The van der Waals surface area contributed by atoms with E-state index in [1.165, 1.54) is 0 Å². The highest BCUT2D eigenvalue weighted by atomic mass is 16.3. The van der Waals surface area contributed by atoms with Crippen LogP contribution in [0, 0.1) is 13.8 Å². The van der Waals surface area contributed by atoms with Gasteiger partial charge in [-0.05, 0) is 46.1 Å². The van der Waals surface area contributed by atoms with Gasteiger partial charge in [0.1, 0.15) is 11.6 Å². The highest BCUT2D eigenvalue weighted by molar-refractivity contribution is 5.37. The molecule has 0 spiro atoms. The number of anilines is 1. The van der Waals surface area contributed by atoms with Gasteiger partial charge in [-0.1, -0.05) is 0 Å². The molecule has 3 heterocycles. The molecule has 7 nitrogen and oxygen atoms in total. The lowest BCUT2D eigenvalue weighted by Crippen LogP contribution is -2.26. The highest BCUT2D eigenvalue weighted by Gasteiger charge is 2.17. The number of likely N-dealkylation sites (N-methyl/N-ethyl adjacent to an activating group) is 1. The van der Waals surface area contributed by atoms with Crippen molar-refractivity contribution in [3.8, 4) is 5.82 Å². The smallest absolute Gasteiger partial charge is 0.174 e. The van der Waals surface area contributed by atoms with Crippen molar-refractivity contribution >= 4 is 5.82 Å². The molecule has 0 fully saturated rings. The first-order valence-corrected chi connectivity index (χ1v) is 7.84. The monoisotopic (exact) mass is 326 g/mol. The summed E-state index contributed by atoms with van der Waals surface area (Å²) in [5.74, 6) is 2.32. The van der Waals surface area contributed by atoms with Crippen LogP contribution in [-0.4, -0.2) is 45.3 Å². The average Bonchev–Trinajstić information content (AvgIpc) is 3.17. The molecule has 0 aliphatic heterocycles. The summed E-state index contributed by atoms with van der Waals surface area (Å²) >= 11 is 0. The van der Waals surface area contributed by atoms with Gasteiger partial charge in [0.15, 0.2) is 5.82 Å². The summed E-state index contributed by atoms with van der Waals surface area (Å²) in [5, 5.41) is 7.78. The maximum absolute atomic E-state index is 5.53. The Morgan fingerprint density at radius 3 is 2.75 bits per heavy atom. The van der Waals surface area contributed by atoms with Crippen LogP contribution >= 0.6 is 0 Å². The van der Waals surface area contributed by atoms with E-state index in [4.69, 9.17) is 4.42 Å². The van der Waals surface area contributed by atoms with E-state index >= 15 is 0 Å². The molecule has 7 heteroatoms. The molecule has 1 atom stereocenters. The largest absolute Gasteiger partial charge is 0.468 e. The fourth-order valence-corrected chi connectivity index (χ4v) is 2.62. The first-order chi connectivity index (χ1) is 11.5. The molecule has 0 bridgehead atoms. The molecule has 0 aliphatic rings. The van der Waals surface area contributed by atoms with Crippen LogP contribution in [0.2, 0.25) is 0 Å². The molecule has 0 amide bonds. The first kappa shape index (κ1) is 16.2. The second-order valence-corrected chi connectivity index (χ2v) is 5.98. The Bertz CT molecular complexity index is 793. The predicted octanol–water partition coefficient (Wildman–Crippen LogP) is 2.59. The minimum absolute atomic E-state index is 0.110. The lowest BCUT2D eigenvalue weighted by atomic mass is 10.2. The number of nitrogens with zero attached hydrogens (tertiary/aromatic N) is 5. The molecule has 0 saturated heterocycles. The van der Waals surface area contributed by atoms with Crippen LogP contribution in [0.15, 0.2) is 41.3 Å². The van der Waals surface area contributed by atoms with Crippen molar-refractivity contribution in [3.63, 3.8) is 0 Å². The van der Waals surface area contributed by atoms with Crippen LogP contribution in [0.3, 0.4) is 0 Å². The third-order valence-electron chi connectivity index (χ3n) is 3.82. The van der Waals surface area contributed by atoms with Gasteiger partial charge in [0.05, 0.1) is 30.4 Å². The number of rotatable bonds is 6. The normalized spacial score (nSPS) is 12.5. The Morgan fingerprint density at radius 2 is 2.12 bits per heavy atom.